The first-order valence-electron chi connectivity index (χ1n) is 7.50. The maximum Gasteiger partial charge on any atom is 0.0692 e. The molecule has 2 atom stereocenters. The van der Waals surface area contributed by atoms with Gasteiger partial charge in [-0.05, 0) is 44.7 Å². The van der Waals surface area contributed by atoms with Gasteiger partial charge < -0.3 is 10.1 Å². The standard InChI is InChI=1S/C16H26N2O/c1-4-16(5-2)12-14(9-11-19-16)18-13(3)15-8-6-7-10-17-15/h6-8,10,13-14,18H,4-5,9,11-12H2,1-3H3. The number of nitrogens with one attached hydrogen (secondary N) is 1. The highest BCUT2D eigenvalue weighted by Gasteiger charge is 2.34. The molecule has 3 heteroatoms. The zero-order valence-corrected chi connectivity index (χ0v) is 12.4. The average Bonchev–Trinajstić information content (AvgIpc) is 2.48. The summed E-state index contributed by atoms with van der Waals surface area (Å²) in [6.07, 6.45) is 6.26. The van der Waals surface area contributed by atoms with E-state index in [0.717, 1.165) is 38.0 Å². The van der Waals surface area contributed by atoms with Gasteiger partial charge in [-0.25, -0.2) is 0 Å². The van der Waals surface area contributed by atoms with E-state index in [1.165, 1.54) is 0 Å². The molecular weight excluding hydrogens is 236 g/mol. The van der Waals surface area contributed by atoms with E-state index in [4.69, 9.17) is 4.74 Å². The summed E-state index contributed by atoms with van der Waals surface area (Å²) in [5.41, 5.74) is 1.20. The molecule has 0 aromatic carbocycles. The number of ether oxygens (including phenoxy) is 1. The Morgan fingerprint density at radius 1 is 1.42 bits per heavy atom. The molecule has 1 aromatic rings. The molecule has 2 heterocycles. The zero-order valence-electron chi connectivity index (χ0n) is 12.4. The molecule has 3 nitrogen and oxygen atoms in total. The number of hydrogen-bond donors (Lipinski definition) is 1. The van der Waals surface area contributed by atoms with Gasteiger partial charge >= 0.3 is 0 Å². The van der Waals surface area contributed by atoms with Crippen LogP contribution in [-0.4, -0.2) is 23.2 Å². The largest absolute Gasteiger partial charge is 0.375 e. The van der Waals surface area contributed by atoms with E-state index >= 15 is 0 Å². The van der Waals surface area contributed by atoms with Crippen LogP contribution in [0, 0.1) is 0 Å². The molecule has 2 unspecified atom stereocenters. The third-order valence-corrected chi connectivity index (χ3v) is 4.40. The van der Waals surface area contributed by atoms with Gasteiger partial charge in [-0.3, -0.25) is 4.98 Å². The predicted octanol–water partition coefficient (Wildman–Crippen LogP) is 3.47. The first kappa shape index (κ1) is 14.5. The smallest absolute Gasteiger partial charge is 0.0692 e. The fourth-order valence-corrected chi connectivity index (χ4v) is 2.98. The molecule has 0 saturated carbocycles. The van der Waals surface area contributed by atoms with E-state index in [1.54, 1.807) is 0 Å². The molecule has 0 spiro atoms. The Bertz CT molecular complexity index is 376. The van der Waals surface area contributed by atoms with Crippen LogP contribution in [-0.2, 0) is 4.74 Å². The van der Waals surface area contributed by atoms with Crippen LogP contribution in [0.25, 0.3) is 0 Å². The lowest BCUT2D eigenvalue weighted by Gasteiger charge is -2.41. The highest BCUT2D eigenvalue weighted by atomic mass is 16.5. The van der Waals surface area contributed by atoms with Crippen molar-refractivity contribution in [3.05, 3.63) is 30.1 Å². The van der Waals surface area contributed by atoms with E-state index in [1.807, 2.05) is 18.3 Å². The molecule has 0 radical (unpaired) electrons. The van der Waals surface area contributed by atoms with Crippen molar-refractivity contribution in [3.63, 3.8) is 0 Å². The third-order valence-electron chi connectivity index (χ3n) is 4.40. The van der Waals surface area contributed by atoms with Crippen molar-refractivity contribution < 1.29 is 4.74 Å². The van der Waals surface area contributed by atoms with E-state index in [2.05, 4.69) is 37.1 Å². The molecular formula is C16H26N2O. The van der Waals surface area contributed by atoms with Crippen molar-refractivity contribution in [2.24, 2.45) is 0 Å². The Morgan fingerprint density at radius 3 is 2.84 bits per heavy atom. The maximum absolute atomic E-state index is 6.03. The summed E-state index contributed by atoms with van der Waals surface area (Å²) in [5.74, 6) is 0. The SMILES string of the molecule is CCC1(CC)CC(NC(C)c2ccccn2)CCO1. The van der Waals surface area contributed by atoms with Crippen LogP contribution in [0.2, 0.25) is 0 Å². The maximum atomic E-state index is 6.03. The minimum Gasteiger partial charge on any atom is -0.375 e. The Hall–Kier alpha value is -0.930. The fraction of sp³-hybridized carbons (Fsp3) is 0.688. The van der Waals surface area contributed by atoms with Crippen LogP contribution >= 0.6 is 0 Å². The minimum atomic E-state index is 0.0831. The molecule has 1 aliphatic heterocycles. The second-order valence-corrected chi connectivity index (χ2v) is 5.57. The van der Waals surface area contributed by atoms with Crippen molar-refractivity contribution in [2.45, 2.75) is 64.1 Å². The summed E-state index contributed by atoms with van der Waals surface area (Å²) in [4.78, 5) is 4.43. The van der Waals surface area contributed by atoms with Crippen molar-refractivity contribution in [2.75, 3.05) is 6.61 Å². The van der Waals surface area contributed by atoms with E-state index in [-0.39, 0.29) is 5.60 Å². The predicted molar refractivity (Wildman–Crippen MR) is 78.1 cm³/mol. The van der Waals surface area contributed by atoms with Gasteiger partial charge in [0.05, 0.1) is 11.3 Å². The molecule has 1 N–H and O–H groups in total. The Labute approximate surface area is 116 Å². The topological polar surface area (TPSA) is 34.2 Å². The van der Waals surface area contributed by atoms with Crippen LogP contribution in [0.4, 0.5) is 0 Å². The Morgan fingerprint density at radius 2 is 2.21 bits per heavy atom. The molecule has 106 valence electrons. The number of hydrogen-bond acceptors (Lipinski definition) is 3. The van der Waals surface area contributed by atoms with Gasteiger partial charge in [-0.1, -0.05) is 19.9 Å². The Kier molecular flexibility index (Phi) is 4.94. The molecule has 1 saturated heterocycles. The van der Waals surface area contributed by atoms with Crippen LogP contribution in [0.1, 0.15) is 58.2 Å². The molecule has 1 aromatic heterocycles. The summed E-state index contributed by atoms with van der Waals surface area (Å²) in [5, 5.41) is 3.72. The first-order chi connectivity index (χ1) is 9.19. The van der Waals surface area contributed by atoms with Crippen molar-refractivity contribution in [1.29, 1.82) is 0 Å². The Balaban J connectivity index is 1.96. The van der Waals surface area contributed by atoms with E-state index in [9.17, 15) is 0 Å². The lowest BCUT2D eigenvalue weighted by molar-refractivity contribution is -0.0940. The van der Waals surface area contributed by atoms with Crippen molar-refractivity contribution in [3.8, 4) is 0 Å². The van der Waals surface area contributed by atoms with E-state index in [0.29, 0.717) is 12.1 Å². The molecule has 0 bridgehead atoms. The van der Waals surface area contributed by atoms with Crippen LogP contribution in [0.15, 0.2) is 24.4 Å². The average molecular weight is 262 g/mol. The highest BCUT2D eigenvalue weighted by Crippen LogP contribution is 2.32. The fourth-order valence-electron chi connectivity index (χ4n) is 2.98. The highest BCUT2D eigenvalue weighted by molar-refractivity contribution is 5.08. The summed E-state index contributed by atoms with van der Waals surface area (Å²) in [6, 6.07) is 6.93. The van der Waals surface area contributed by atoms with Gasteiger partial charge in [-0.15, -0.1) is 0 Å². The summed E-state index contributed by atoms with van der Waals surface area (Å²) in [6.45, 7) is 7.52. The number of rotatable bonds is 5. The number of pyridine rings is 1. The monoisotopic (exact) mass is 262 g/mol. The van der Waals surface area contributed by atoms with Gasteiger partial charge in [0.2, 0.25) is 0 Å². The number of nitrogens with zero attached hydrogens (tertiary/aromatic N) is 1. The van der Waals surface area contributed by atoms with E-state index < -0.39 is 0 Å². The summed E-state index contributed by atoms with van der Waals surface area (Å²) >= 11 is 0. The second kappa shape index (κ2) is 6.49. The molecule has 1 aliphatic rings. The normalized spacial score (nSPS) is 24.1. The van der Waals surface area contributed by atoms with Crippen molar-refractivity contribution in [1.82, 2.24) is 10.3 Å². The zero-order chi connectivity index (χ0) is 13.7. The van der Waals surface area contributed by atoms with Crippen LogP contribution < -0.4 is 5.32 Å². The summed E-state index contributed by atoms with van der Waals surface area (Å²) in [7, 11) is 0. The first-order valence-corrected chi connectivity index (χ1v) is 7.50. The lowest BCUT2D eigenvalue weighted by Crippen LogP contribution is -2.47. The number of aromatic nitrogens is 1. The molecule has 19 heavy (non-hydrogen) atoms. The van der Waals surface area contributed by atoms with Crippen LogP contribution in [0.3, 0.4) is 0 Å². The molecule has 0 amide bonds. The van der Waals surface area contributed by atoms with Gasteiger partial charge in [0, 0.05) is 24.9 Å². The third kappa shape index (κ3) is 3.54. The minimum absolute atomic E-state index is 0.0831. The van der Waals surface area contributed by atoms with Gasteiger partial charge in [-0.2, -0.15) is 0 Å². The quantitative estimate of drug-likeness (QED) is 0.882. The molecule has 0 aliphatic carbocycles. The second-order valence-electron chi connectivity index (χ2n) is 5.57. The van der Waals surface area contributed by atoms with Gasteiger partial charge in [0.25, 0.3) is 0 Å². The molecule has 1 fully saturated rings. The lowest BCUT2D eigenvalue weighted by atomic mass is 9.85. The van der Waals surface area contributed by atoms with Gasteiger partial charge in [0.15, 0.2) is 0 Å². The van der Waals surface area contributed by atoms with Crippen molar-refractivity contribution >= 4 is 0 Å². The van der Waals surface area contributed by atoms with Gasteiger partial charge in [0.1, 0.15) is 0 Å². The van der Waals surface area contributed by atoms with Crippen LogP contribution in [0.5, 0.6) is 0 Å². The summed E-state index contributed by atoms with van der Waals surface area (Å²) < 4.78 is 6.03. The molecule has 2 rings (SSSR count).